The summed E-state index contributed by atoms with van der Waals surface area (Å²) in [5.74, 6) is 0.118. The summed E-state index contributed by atoms with van der Waals surface area (Å²) in [7, 11) is 0. The van der Waals surface area contributed by atoms with Crippen LogP contribution in [0.15, 0.2) is 47.0 Å². The molecular formula is C23H24N2O4. The van der Waals surface area contributed by atoms with Crippen LogP contribution in [-0.4, -0.2) is 21.9 Å². The molecule has 6 nitrogen and oxygen atoms in total. The minimum atomic E-state index is -0.476. The van der Waals surface area contributed by atoms with Gasteiger partial charge in [0.1, 0.15) is 0 Å². The molecule has 1 aromatic heterocycles. The molecule has 29 heavy (non-hydrogen) atoms. The van der Waals surface area contributed by atoms with Crippen LogP contribution >= 0.6 is 0 Å². The predicted molar refractivity (Wildman–Crippen MR) is 108 cm³/mol. The maximum absolute atomic E-state index is 12.4. The van der Waals surface area contributed by atoms with E-state index in [0.29, 0.717) is 11.4 Å². The largest absolute Gasteiger partial charge is 0.456 e. The Morgan fingerprint density at radius 2 is 1.79 bits per heavy atom. The second-order valence-corrected chi connectivity index (χ2v) is 6.96. The minimum absolute atomic E-state index is 0.00564. The molecule has 0 unspecified atom stereocenters. The highest BCUT2D eigenvalue weighted by Gasteiger charge is 2.14. The van der Waals surface area contributed by atoms with Crippen LogP contribution in [0.25, 0.3) is 11.4 Å². The number of esters is 1. The van der Waals surface area contributed by atoms with Crippen molar-refractivity contribution in [2.75, 3.05) is 0 Å². The van der Waals surface area contributed by atoms with E-state index in [1.165, 1.54) is 5.56 Å². The highest BCUT2D eigenvalue weighted by molar-refractivity contribution is 5.98. The third-order valence-corrected chi connectivity index (χ3v) is 4.69. The van der Waals surface area contributed by atoms with Gasteiger partial charge in [0.2, 0.25) is 5.82 Å². The van der Waals surface area contributed by atoms with Gasteiger partial charge < -0.3 is 9.26 Å². The maximum Gasteiger partial charge on any atom is 0.306 e. The minimum Gasteiger partial charge on any atom is -0.456 e. The zero-order valence-electron chi connectivity index (χ0n) is 16.9. The number of hydrogen-bond acceptors (Lipinski definition) is 6. The van der Waals surface area contributed by atoms with Crippen LogP contribution in [-0.2, 0) is 22.6 Å². The number of hydrogen-bond donors (Lipinski definition) is 0. The van der Waals surface area contributed by atoms with Crippen molar-refractivity contribution < 1.29 is 18.8 Å². The van der Waals surface area contributed by atoms with Crippen LogP contribution in [0.1, 0.15) is 52.7 Å². The van der Waals surface area contributed by atoms with Gasteiger partial charge in [-0.25, -0.2) is 0 Å². The summed E-state index contributed by atoms with van der Waals surface area (Å²) in [6, 6.07) is 13.6. The van der Waals surface area contributed by atoms with Crippen LogP contribution in [0.4, 0.5) is 0 Å². The summed E-state index contributed by atoms with van der Waals surface area (Å²) < 4.78 is 10.3. The van der Waals surface area contributed by atoms with Crippen molar-refractivity contribution in [3.63, 3.8) is 0 Å². The fourth-order valence-corrected chi connectivity index (χ4v) is 2.92. The van der Waals surface area contributed by atoms with Gasteiger partial charge >= 0.3 is 5.97 Å². The molecule has 0 saturated heterocycles. The molecule has 0 saturated carbocycles. The quantitative estimate of drug-likeness (QED) is 0.411. The van der Waals surface area contributed by atoms with E-state index in [0.717, 1.165) is 23.1 Å². The van der Waals surface area contributed by atoms with Gasteiger partial charge in [0.25, 0.3) is 5.89 Å². The molecule has 0 N–H and O–H groups in total. The number of ether oxygens (including phenoxy) is 1. The first-order valence-corrected chi connectivity index (χ1v) is 9.64. The molecule has 0 radical (unpaired) electrons. The van der Waals surface area contributed by atoms with E-state index in [4.69, 9.17) is 9.26 Å². The number of nitrogens with zero attached hydrogens (tertiary/aromatic N) is 2. The Morgan fingerprint density at radius 1 is 1.03 bits per heavy atom. The normalized spacial score (nSPS) is 10.7. The SMILES string of the molecule is CCc1ccc(-c2noc(COC(=O)CCC(=O)c3cc(C)ccc3C)n2)cc1. The lowest BCUT2D eigenvalue weighted by molar-refractivity contribution is -0.145. The second-order valence-electron chi connectivity index (χ2n) is 6.96. The number of aromatic nitrogens is 2. The van der Waals surface area contributed by atoms with Crippen molar-refractivity contribution in [3.05, 3.63) is 70.6 Å². The summed E-state index contributed by atoms with van der Waals surface area (Å²) in [6.45, 7) is 5.79. The van der Waals surface area contributed by atoms with Crippen molar-refractivity contribution in [3.8, 4) is 11.4 Å². The molecule has 3 aromatic rings. The van der Waals surface area contributed by atoms with Crippen molar-refractivity contribution in [2.24, 2.45) is 0 Å². The Kier molecular flexibility index (Phi) is 6.54. The first kappa shape index (κ1) is 20.5. The molecule has 1 heterocycles. The lowest BCUT2D eigenvalue weighted by atomic mass is 9.99. The Morgan fingerprint density at radius 3 is 2.52 bits per heavy atom. The summed E-state index contributed by atoms with van der Waals surface area (Å²) in [5, 5.41) is 3.92. The highest BCUT2D eigenvalue weighted by Crippen LogP contribution is 2.18. The molecule has 0 atom stereocenters. The lowest BCUT2D eigenvalue weighted by Crippen LogP contribution is -2.09. The van der Waals surface area contributed by atoms with Crippen LogP contribution < -0.4 is 0 Å². The number of benzene rings is 2. The van der Waals surface area contributed by atoms with E-state index < -0.39 is 5.97 Å². The first-order chi connectivity index (χ1) is 14.0. The molecule has 0 aliphatic heterocycles. The number of Topliss-reactive ketones (excluding diaryl/α,β-unsaturated/α-hetero) is 1. The lowest BCUT2D eigenvalue weighted by Gasteiger charge is -2.06. The van der Waals surface area contributed by atoms with Gasteiger partial charge in [0, 0.05) is 17.5 Å². The Balaban J connectivity index is 1.50. The highest BCUT2D eigenvalue weighted by atomic mass is 16.6. The van der Waals surface area contributed by atoms with E-state index >= 15 is 0 Å². The number of carbonyl (C=O) groups is 2. The average molecular weight is 392 g/mol. The fourth-order valence-electron chi connectivity index (χ4n) is 2.92. The van der Waals surface area contributed by atoms with Gasteiger partial charge in [0.15, 0.2) is 12.4 Å². The molecule has 2 aromatic carbocycles. The maximum atomic E-state index is 12.4. The predicted octanol–water partition coefficient (Wildman–Crippen LogP) is 4.62. The van der Waals surface area contributed by atoms with Gasteiger partial charge in [-0.05, 0) is 37.5 Å². The smallest absolute Gasteiger partial charge is 0.306 e. The van der Waals surface area contributed by atoms with Crippen LogP contribution in [0.5, 0.6) is 0 Å². The monoisotopic (exact) mass is 392 g/mol. The standard InChI is InChI=1S/C23H24N2O4/c1-4-17-7-9-18(10-8-17)23-24-21(29-25-23)14-28-22(27)12-11-20(26)19-13-15(2)5-6-16(19)3/h5-10,13H,4,11-12,14H2,1-3H3. The fraction of sp³-hybridized carbons (Fsp3) is 0.304. The van der Waals surface area contributed by atoms with E-state index in [9.17, 15) is 9.59 Å². The zero-order chi connectivity index (χ0) is 20.8. The van der Waals surface area contributed by atoms with E-state index in [2.05, 4.69) is 17.1 Å². The Hall–Kier alpha value is -3.28. The third kappa shape index (κ3) is 5.38. The number of carbonyl (C=O) groups excluding carboxylic acids is 2. The zero-order valence-corrected chi connectivity index (χ0v) is 16.9. The number of rotatable bonds is 8. The van der Waals surface area contributed by atoms with Gasteiger partial charge in [0.05, 0.1) is 6.42 Å². The second kappa shape index (κ2) is 9.28. The average Bonchev–Trinajstić information content (AvgIpc) is 3.21. The van der Waals surface area contributed by atoms with Crippen LogP contribution in [0, 0.1) is 13.8 Å². The van der Waals surface area contributed by atoms with Crippen molar-refractivity contribution in [1.29, 1.82) is 0 Å². The third-order valence-electron chi connectivity index (χ3n) is 4.69. The van der Waals surface area contributed by atoms with Crippen molar-refractivity contribution in [2.45, 2.75) is 46.6 Å². The molecule has 3 rings (SSSR count). The molecule has 0 amide bonds. The molecule has 150 valence electrons. The molecule has 0 bridgehead atoms. The molecule has 0 aliphatic carbocycles. The number of ketones is 1. The summed E-state index contributed by atoms with van der Waals surface area (Å²) in [4.78, 5) is 28.6. The first-order valence-electron chi connectivity index (χ1n) is 9.64. The molecule has 0 spiro atoms. The summed E-state index contributed by atoms with van der Waals surface area (Å²) in [6.07, 6.45) is 1.06. The number of aryl methyl sites for hydroxylation is 3. The van der Waals surface area contributed by atoms with E-state index in [-0.39, 0.29) is 31.1 Å². The van der Waals surface area contributed by atoms with Crippen molar-refractivity contribution >= 4 is 11.8 Å². The molecule has 0 fully saturated rings. The molecule has 0 aliphatic rings. The van der Waals surface area contributed by atoms with Gasteiger partial charge in [-0.15, -0.1) is 0 Å². The van der Waals surface area contributed by atoms with Gasteiger partial charge in [-0.3, -0.25) is 9.59 Å². The Labute approximate surface area is 169 Å². The molecule has 6 heteroatoms. The van der Waals surface area contributed by atoms with Gasteiger partial charge in [-0.1, -0.05) is 54.0 Å². The van der Waals surface area contributed by atoms with Crippen molar-refractivity contribution in [1.82, 2.24) is 10.1 Å². The summed E-state index contributed by atoms with van der Waals surface area (Å²) >= 11 is 0. The van der Waals surface area contributed by atoms with E-state index in [1.54, 1.807) is 0 Å². The van der Waals surface area contributed by atoms with Crippen LogP contribution in [0.3, 0.4) is 0 Å². The topological polar surface area (TPSA) is 82.3 Å². The Bertz CT molecular complexity index is 1010. The van der Waals surface area contributed by atoms with Gasteiger partial charge in [-0.2, -0.15) is 4.98 Å². The van der Waals surface area contributed by atoms with E-state index in [1.807, 2.05) is 56.3 Å². The molecular weight excluding hydrogens is 368 g/mol. The van der Waals surface area contributed by atoms with Crippen LogP contribution in [0.2, 0.25) is 0 Å². The summed E-state index contributed by atoms with van der Waals surface area (Å²) in [5.41, 5.74) is 4.62.